The molecule has 2 aromatic rings. The maximum atomic E-state index is 12.4. The van der Waals surface area contributed by atoms with Crippen LogP contribution in [-0.4, -0.2) is 37.1 Å². The number of carbonyl (C=O) groups excluding carboxylic acids is 1. The summed E-state index contributed by atoms with van der Waals surface area (Å²) >= 11 is 0. The van der Waals surface area contributed by atoms with Crippen LogP contribution < -0.4 is 5.32 Å². The van der Waals surface area contributed by atoms with Crippen molar-refractivity contribution in [3.63, 3.8) is 0 Å². The molecule has 0 saturated heterocycles. The molecule has 116 valence electrons. The van der Waals surface area contributed by atoms with Gasteiger partial charge in [-0.2, -0.15) is 15.2 Å². The van der Waals surface area contributed by atoms with Gasteiger partial charge in [-0.1, -0.05) is 0 Å². The Labute approximate surface area is 127 Å². The smallest absolute Gasteiger partial charge is 0.338 e. The highest BCUT2D eigenvalue weighted by molar-refractivity contribution is 5.92. The first-order valence-electron chi connectivity index (χ1n) is 7.07. The van der Waals surface area contributed by atoms with Crippen molar-refractivity contribution in [2.24, 2.45) is 7.05 Å². The Morgan fingerprint density at radius 3 is 2.86 bits per heavy atom. The van der Waals surface area contributed by atoms with Gasteiger partial charge in [-0.05, 0) is 20.8 Å². The molecule has 3 heterocycles. The second-order valence-corrected chi connectivity index (χ2v) is 5.16. The molecule has 0 radical (unpaired) electrons. The third-order valence-electron chi connectivity index (χ3n) is 3.64. The molecule has 0 aromatic carbocycles. The lowest BCUT2D eigenvalue weighted by molar-refractivity contribution is -0.139. The zero-order valence-corrected chi connectivity index (χ0v) is 13.0. The Morgan fingerprint density at radius 1 is 1.45 bits per heavy atom. The van der Waals surface area contributed by atoms with Gasteiger partial charge in [0.15, 0.2) is 0 Å². The summed E-state index contributed by atoms with van der Waals surface area (Å²) in [6, 6.07) is -0.397. The summed E-state index contributed by atoms with van der Waals surface area (Å²) in [4.78, 5) is 16.6. The van der Waals surface area contributed by atoms with E-state index >= 15 is 0 Å². The Balaban J connectivity index is 2.17. The minimum absolute atomic E-state index is 0.318. The van der Waals surface area contributed by atoms with Crippen LogP contribution in [-0.2, 0) is 16.6 Å². The topological polar surface area (TPSA) is 86.9 Å². The monoisotopic (exact) mass is 302 g/mol. The van der Waals surface area contributed by atoms with Gasteiger partial charge in [0.2, 0.25) is 5.95 Å². The van der Waals surface area contributed by atoms with Crippen LogP contribution in [0.4, 0.5) is 5.95 Å². The quantitative estimate of drug-likeness (QED) is 0.857. The molecule has 0 bridgehead atoms. The van der Waals surface area contributed by atoms with Crippen molar-refractivity contribution in [2.45, 2.75) is 26.8 Å². The maximum absolute atomic E-state index is 12.4. The van der Waals surface area contributed by atoms with Crippen LogP contribution in [0.2, 0.25) is 0 Å². The van der Waals surface area contributed by atoms with E-state index in [1.165, 1.54) is 6.33 Å². The van der Waals surface area contributed by atoms with Crippen LogP contribution in [0, 0.1) is 6.92 Å². The van der Waals surface area contributed by atoms with Crippen LogP contribution >= 0.6 is 0 Å². The number of allylic oxidation sites excluding steroid dienone is 1. The molecule has 3 rings (SSSR count). The molecule has 0 spiro atoms. The zero-order chi connectivity index (χ0) is 15.9. The number of esters is 1. The Bertz CT molecular complexity index is 757. The van der Waals surface area contributed by atoms with Gasteiger partial charge in [0.25, 0.3) is 0 Å². The van der Waals surface area contributed by atoms with E-state index in [0.29, 0.717) is 23.8 Å². The third-order valence-corrected chi connectivity index (χ3v) is 3.64. The number of aromatic nitrogens is 5. The molecule has 1 aliphatic rings. The van der Waals surface area contributed by atoms with Gasteiger partial charge >= 0.3 is 5.97 Å². The molecule has 1 N–H and O–H groups in total. The molecule has 0 amide bonds. The lowest BCUT2D eigenvalue weighted by atomic mass is 9.96. The summed E-state index contributed by atoms with van der Waals surface area (Å²) in [5, 5.41) is 11.7. The molecule has 22 heavy (non-hydrogen) atoms. The molecule has 1 aliphatic heterocycles. The number of hydrogen-bond donors (Lipinski definition) is 1. The first-order valence-corrected chi connectivity index (χ1v) is 7.07. The van der Waals surface area contributed by atoms with Crippen molar-refractivity contribution in [1.29, 1.82) is 0 Å². The molecule has 8 nitrogen and oxygen atoms in total. The summed E-state index contributed by atoms with van der Waals surface area (Å²) < 4.78 is 8.62. The van der Waals surface area contributed by atoms with Crippen LogP contribution in [0.25, 0.3) is 0 Å². The number of nitrogens with zero attached hydrogens (tertiary/aromatic N) is 5. The van der Waals surface area contributed by atoms with E-state index < -0.39 is 6.04 Å². The van der Waals surface area contributed by atoms with Crippen LogP contribution in [0.15, 0.2) is 23.8 Å². The van der Waals surface area contributed by atoms with Crippen molar-refractivity contribution in [3.8, 4) is 0 Å². The highest BCUT2D eigenvalue weighted by Crippen LogP contribution is 2.36. The van der Waals surface area contributed by atoms with Gasteiger partial charge in [0.1, 0.15) is 12.4 Å². The Hall–Kier alpha value is -2.64. The van der Waals surface area contributed by atoms with E-state index in [1.807, 2.05) is 27.1 Å². The normalized spacial score (nSPS) is 17.2. The second-order valence-electron chi connectivity index (χ2n) is 5.16. The standard InChI is InChI=1S/C14H18N6O2/c1-5-22-13(21)11-9(3)17-14-15-7-16-20(14)12(11)10-6-19(4)18-8(10)2/h6-7,12H,5H2,1-4H3,(H,15,16,17)/t12-/m0/s1. The SMILES string of the molecule is CCOC(=O)C1=C(C)Nc2ncnn2[C@H]1c1cn(C)nc1C. The van der Waals surface area contributed by atoms with Gasteiger partial charge in [0.05, 0.1) is 17.9 Å². The van der Waals surface area contributed by atoms with Crippen molar-refractivity contribution in [3.05, 3.63) is 35.1 Å². The number of nitrogens with one attached hydrogen (secondary N) is 1. The number of anilines is 1. The van der Waals surface area contributed by atoms with Gasteiger partial charge in [-0.15, -0.1) is 0 Å². The fourth-order valence-electron chi connectivity index (χ4n) is 2.74. The fourth-order valence-corrected chi connectivity index (χ4v) is 2.74. The molecule has 2 aromatic heterocycles. The van der Waals surface area contributed by atoms with Crippen molar-refractivity contribution in [2.75, 3.05) is 11.9 Å². The summed E-state index contributed by atoms with van der Waals surface area (Å²) in [5.74, 6) is 0.237. The highest BCUT2D eigenvalue weighted by Gasteiger charge is 2.35. The summed E-state index contributed by atoms with van der Waals surface area (Å²) in [7, 11) is 1.85. The molecule has 0 unspecified atom stereocenters. The number of aryl methyl sites for hydroxylation is 2. The Kier molecular flexibility index (Phi) is 3.44. The van der Waals surface area contributed by atoms with E-state index in [2.05, 4.69) is 20.5 Å². The van der Waals surface area contributed by atoms with E-state index in [0.717, 1.165) is 11.3 Å². The maximum Gasteiger partial charge on any atom is 0.338 e. The molecular weight excluding hydrogens is 284 g/mol. The number of hydrogen-bond acceptors (Lipinski definition) is 6. The predicted molar refractivity (Wildman–Crippen MR) is 79.1 cm³/mol. The second kappa shape index (κ2) is 5.28. The summed E-state index contributed by atoms with van der Waals surface area (Å²) in [6.45, 7) is 5.85. The van der Waals surface area contributed by atoms with Crippen LogP contribution in [0.1, 0.15) is 31.1 Å². The van der Waals surface area contributed by atoms with Gasteiger partial charge < -0.3 is 10.1 Å². The molecule has 1 atom stereocenters. The lowest BCUT2D eigenvalue weighted by Gasteiger charge is -2.27. The number of fused-ring (bicyclic) bond motifs is 1. The summed E-state index contributed by atoms with van der Waals surface area (Å²) in [6.07, 6.45) is 3.35. The van der Waals surface area contributed by atoms with Crippen molar-refractivity contribution in [1.82, 2.24) is 24.5 Å². The highest BCUT2D eigenvalue weighted by atomic mass is 16.5. The van der Waals surface area contributed by atoms with E-state index in [4.69, 9.17) is 4.74 Å². The van der Waals surface area contributed by atoms with Gasteiger partial charge in [-0.3, -0.25) is 4.68 Å². The molecule has 0 aliphatic carbocycles. The van der Waals surface area contributed by atoms with Crippen molar-refractivity contribution >= 4 is 11.9 Å². The predicted octanol–water partition coefficient (Wildman–Crippen LogP) is 1.17. The van der Waals surface area contributed by atoms with E-state index in [1.54, 1.807) is 16.3 Å². The molecule has 0 saturated carbocycles. The number of carbonyl (C=O) groups is 1. The summed E-state index contributed by atoms with van der Waals surface area (Å²) in [5.41, 5.74) is 2.98. The Morgan fingerprint density at radius 2 is 2.23 bits per heavy atom. The first kappa shape index (κ1) is 14.3. The third kappa shape index (κ3) is 2.16. The fraction of sp³-hybridized carbons (Fsp3) is 0.429. The van der Waals surface area contributed by atoms with Crippen molar-refractivity contribution < 1.29 is 9.53 Å². The lowest BCUT2D eigenvalue weighted by Crippen LogP contribution is -2.29. The van der Waals surface area contributed by atoms with E-state index in [9.17, 15) is 4.79 Å². The number of ether oxygens (including phenoxy) is 1. The minimum Gasteiger partial charge on any atom is -0.463 e. The van der Waals surface area contributed by atoms with Crippen LogP contribution in [0.3, 0.4) is 0 Å². The minimum atomic E-state index is -0.397. The molecule has 0 fully saturated rings. The number of rotatable bonds is 3. The largest absolute Gasteiger partial charge is 0.463 e. The average molecular weight is 302 g/mol. The first-order chi connectivity index (χ1) is 10.5. The molecule has 8 heteroatoms. The van der Waals surface area contributed by atoms with Gasteiger partial charge in [0, 0.05) is 24.5 Å². The van der Waals surface area contributed by atoms with Crippen LogP contribution in [0.5, 0.6) is 0 Å². The molecular formula is C14H18N6O2. The van der Waals surface area contributed by atoms with Gasteiger partial charge in [-0.25, -0.2) is 9.48 Å². The zero-order valence-electron chi connectivity index (χ0n) is 13.0. The average Bonchev–Trinajstić information content (AvgIpc) is 3.03. The van der Waals surface area contributed by atoms with E-state index in [-0.39, 0.29) is 5.97 Å².